The minimum absolute atomic E-state index is 0.0688. The number of nitrogens with two attached hydrogens (primary N) is 1. The molecule has 1 unspecified atom stereocenters. The van der Waals surface area contributed by atoms with Gasteiger partial charge < -0.3 is 10.8 Å². The third kappa shape index (κ3) is 5.59. The van der Waals surface area contributed by atoms with E-state index in [0.717, 1.165) is 19.3 Å². The number of rotatable bonds is 8. The van der Waals surface area contributed by atoms with Gasteiger partial charge in [0.25, 0.3) is 0 Å². The molecule has 0 saturated carbocycles. The normalized spacial score (nSPS) is 12.1. The summed E-state index contributed by atoms with van der Waals surface area (Å²) in [6.07, 6.45) is 2.99. The lowest BCUT2D eigenvalue weighted by molar-refractivity contribution is -0.140. The zero-order chi connectivity index (χ0) is 13.4. The van der Waals surface area contributed by atoms with Crippen molar-refractivity contribution < 1.29 is 14.7 Å². The van der Waals surface area contributed by atoms with Gasteiger partial charge in [-0.25, -0.2) is 0 Å². The van der Waals surface area contributed by atoms with E-state index in [0.29, 0.717) is 6.42 Å². The Hall–Kier alpha value is -1.68. The van der Waals surface area contributed by atoms with Crippen molar-refractivity contribution in [3.63, 3.8) is 0 Å². The largest absolute Gasteiger partial charge is 0.480 e. The molecule has 4 heteroatoms. The van der Waals surface area contributed by atoms with Crippen LogP contribution in [0.15, 0.2) is 30.3 Å². The second-order valence-electron chi connectivity index (χ2n) is 4.38. The molecule has 0 saturated heterocycles. The molecular formula is C14H19NO3. The van der Waals surface area contributed by atoms with Crippen LogP contribution in [0.2, 0.25) is 0 Å². The Morgan fingerprint density at radius 2 is 1.83 bits per heavy atom. The number of carboxylic acid groups (broad SMARTS) is 1. The van der Waals surface area contributed by atoms with Gasteiger partial charge in [-0.3, -0.25) is 9.59 Å². The molecule has 18 heavy (non-hydrogen) atoms. The van der Waals surface area contributed by atoms with E-state index in [4.69, 9.17) is 10.8 Å². The maximum atomic E-state index is 11.4. The van der Waals surface area contributed by atoms with Gasteiger partial charge in [0, 0.05) is 12.8 Å². The molecule has 1 rings (SSSR count). The zero-order valence-corrected chi connectivity index (χ0v) is 10.3. The maximum Gasteiger partial charge on any atom is 0.320 e. The minimum Gasteiger partial charge on any atom is -0.480 e. The summed E-state index contributed by atoms with van der Waals surface area (Å²) in [4.78, 5) is 21.9. The molecule has 0 aliphatic rings. The van der Waals surface area contributed by atoms with Crippen LogP contribution in [0.25, 0.3) is 0 Å². The molecular weight excluding hydrogens is 230 g/mol. The zero-order valence-electron chi connectivity index (χ0n) is 10.3. The van der Waals surface area contributed by atoms with Crippen LogP contribution >= 0.6 is 0 Å². The molecule has 3 N–H and O–H groups in total. The number of Topliss-reactive ketones (excluding diaryl/α,β-unsaturated/α-hetero) is 1. The van der Waals surface area contributed by atoms with E-state index in [2.05, 4.69) is 12.1 Å². The van der Waals surface area contributed by atoms with E-state index >= 15 is 0 Å². The molecule has 1 aromatic rings. The van der Waals surface area contributed by atoms with Gasteiger partial charge in [-0.05, 0) is 24.8 Å². The van der Waals surface area contributed by atoms with Crippen LogP contribution in [0.3, 0.4) is 0 Å². The quantitative estimate of drug-likeness (QED) is 0.688. The summed E-state index contributed by atoms with van der Waals surface area (Å²) < 4.78 is 0. The van der Waals surface area contributed by atoms with Crippen LogP contribution < -0.4 is 5.73 Å². The van der Waals surface area contributed by atoms with Gasteiger partial charge in [-0.1, -0.05) is 30.3 Å². The van der Waals surface area contributed by atoms with Crippen molar-refractivity contribution in [3.8, 4) is 0 Å². The van der Waals surface area contributed by atoms with E-state index in [9.17, 15) is 9.59 Å². The molecule has 0 radical (unpaired) electrons. The number of carboxylic acids is 1. The highest BCUT2D eigenvalue weighted by atomic mass is 16.4. The van der Waals surface area contributed by atoms with Gasteiger partial charge >= 0.3 is 5.97 Å². The van der Waals surface area contributed by atoms with Gasteiger partial charge in [-0.2, -0.15) is 0 Å². The lowest BCUT2D eigenvalue weighted by Crippen LogP contribution is -2.32. The van der Waals surface area contributed by atoms with Crippen LogP contribution in [0.5, 0.6) is 0 Å². The highest BCUT2D eigenvalue weighted by Crippen LogP contribution is 2.07. The van der Waals surface area contributed by atoms with Gasteiger partial charge in [-0.15, -0.1) is 0 Å². The summed E-state index contributed by atoms with van der Waals surface area (Å²) in [7, 11) is 0. The Morgan fingerprint density at radius 3 is 2.44 bits per heavy atom. The molecule has 0 spiro atoms. The summed E-state index contributed by atoms with van der Waals surface area (Å²) >= 11 is 0. The highest BCUT2D eigenvalue weighted by Gasteiger charge is 2.15. The molecule has 0 heterocycles. The molecule has 0 amide bonds. The van der Waals surface area contributed by atoms with E-state index < -0.39 is 12.0 Å². The van der Waals surface area contributed by atoms with Crippen molar-refractivity contribution in [1.82, 2.24) is 0 Å². The summed E-state index contributed by atoms with van der Waals surface area (Å²) in [5.74, 6) is -1.19. The first-order valence-corrected chi connectivity index (χ1v) is 6.13. The average Bonchev–Trinajstić information content (AvgIpc) is 2.35. The third-order valence-corrected chi connectivity index (χ3v) is 2.78. The van der Waals surface area contributed by atoms with E-state index in [1.165, 1.54) is 5.56 Å². The van der Waals surface area contributed by atoms with E-state index in [1.54, 1.807) is 0 Å². The molecule has 1 aromatic carbocycles. The molecule has 0 aliphatic carbocycles. The summed E-state index contributed by atoms with van der Waals surface area (Å²) in [6, 6.07) is 9.01. The number of hydrogen-bond donors (Lipinski definition) is 2. The Balaban J connectivity index is 2.14. The fourth-order valence-corrected chi connectivity index (χ4v) is 1.73. The smallest absolute Gasteiger partial charge is 0.320 e. The Bertz CT molecular complexity index is 389. The molecule has 98 valence electrons. The van der Waals surface area contributed by atoms with Crippen LogP contribution in [-0.2, 0) is 16.0 Å². The predicted octanol–water partition coefficient (Wildman–Crippen LogP) is 1.77. The maximum absolute atomic E-state index is 11.4. The Morgan fingerprint density at radius 1 is 1.17 bits per heavy atom. The van der Waals surface area contributed by atoms with Gasteiger partial charge in [0.05, 0.1) is 0 Å². The number of unbranched alkanes of at least 4 members (excludes halogenated alkanes) is 1. The summed E-state index contributed by atoms with van der Waals surface area (Å²) in [5, 5.41) is 8.57. The third-order valence-electron chi connectivity index (χ3n) is 2.78. The first-order chi connectivity index (χ1) is 8.59. The highest BCUT2D eigenvalue weighted by molar-refractivity contribution is 5.85. The molecule has 0 aliphatic heterocycles. The molecule has 0 fully saturated rings. The average molecular weight is 249 g/mol. The van der Waals surface area contributed by atoms with Crippen LogP contribution in [0.1, 0.15) is 31.2 Å². The number of hydrogen-bond acceptors (Lipinski definition) is 3. The van der Waals surface area contributed by atoms with Gasteiger partial charge in [0.2, 0.25) is 0 Å². The second-order valence-corrected chi connectivity index (χ2v) is 4.38. The molecule has 0 bridgehead atoms. The second kappa shape index (κ2) is 7.61. The monoisotopic (exact) mass is 249 g/mol. The first-order valence-electron chi connectivity index (χ1n) is 6.13. The predicted molar refractivity (Wildman–Crippen MR) is 69.2 cm³/mol. The SMILES string of the molecule is NC(CC(=O)CCCCc1ccccc1)C(=O)O. The first kappa shape index (κ1) is 14.4. The van der Waals surface area contributed by atoms with Crippen LogP contribution in [0, 0.1) is 0 Å². The van der Waals surface area contributed by atoms with Crippen molar-refractivity contribution in [2.24, 2.45) is 5.73 Å². The number of ketones is 1. The van der Waals surface area contributed by atoms with Crippen LogP contribution in [-0.4, -0.2) is 22.9 Å². The van der Waals surface area contributed by atoms with Gasteiger partial charge in [0.1, 0.15) is 11.8 Å². The minimum atomic E-state index is -1.12. The summed E-state index contributed by atoms with van der Waals surface area (Å²) in [5.41, 5.74) is 6.55. The fourth-order valence-electron chi connectivity index (χ4n) is 1.73. The number of aryl methyl sites for hydroxylation is 1. The number of benzene rings is 1. The topological polar surface area (TPSA) is 80.4 Å². The Labute approximate surface area is 107 Å². The number of carbonyl (C=O) groups excluding carboxylic acids is 1. The molecule has 4 nitrogen and oxygen atoms in total. The van der Waals surface area contributed by atoms with Crippen molar-refractivity contribution in [2.45, 2.75) is 38.1 Å². The van der Waals surface area contributed by atoms with Crippen molar-refractivity contribution >= 4 is 11.8 Å². The molecule has 0 aromatic heterocycles. The molecule has 1 atom stereocenters. The Kier molecular flexibility index (Phi) is 6.08. The van der Waals surface area contributed by atoms with Gasteiger partial charge in [0.15, 0.2) is 0 Å². The van der Waals surface area contributed by atoms with E-state index in [1.807, 2.05) is 18.2 Å². The lowest BCUT2D eigenvalue weighted by atomic mass is 10.0. The van der Waals surface area contributed by atoms with Crippen molar-refractivity contribution in [1.29, 1.82) is 0 Å². The standard InChI is InChI=1S/C14H19NO3/c15-13(14(17)18)10-12(16)9-5-4-8-11-6-2-1-3-7-11/h1-3,6-7,13H,4-5,8-10,15H2,(H,17,18). The van der Waals surface area contributed by atoms with E-state index in [-0.39, 0.29) is 12.2 Å². The lowest BCUT2D eigenvalue weighted by Gasteiger charge is -2.05. The number of aliphatic carboxylic acids is 1. The van der Waals surface area contributed by atoms with Crippen LogP contribution in [0.4, 0.5) is 0 Å². The van der Waals surface area contributed by atoms with Crippen molar-refractivity contribution in [2.75, 3.05) is 0 Å². The summed E-state index contributed by atoms with van der Waals surface area (Å²) in [6.45, 7) is 0. The number of carbonyl (C=O) groups is 2. The fraction of sp³-hybridized carbons (Fsp3) is 0.429. The van der Waals surface area contributed by atoms with Crippen molar-refractivity contribution in [3.05, 3.63) is 35.9 Å².